The lowest BCUT2D eigenvalue weighted by atomic mass is 9.81. The number of aromatic nitrogens is 1. The van der Waals surface area contributed by atoms with Crippen LogP contribution in [0.1, 0.15) is 53.0 Å². The molecule has 1 nitrogen and oxygen atoms in total. The predicted octanol–water partition coefficient (Wildman–Crippen LogP) is 9.54. The highest BCUT2D eigenvalue weighted by atomic mass is 79.9. The molecule has 0 fully saturated rings. The summed E-state index contributed by atoms with van der Waals surface area (Å²) in [6.45, 7) is 4.36. The summed E-state index contributed by atoms with van der Waals surface area (Å²) in [7, 11) is 0. The maximum atomic E-state index is 5.53. The van der Waals surface area contributed by atoms with Gasteiger partial charge in [-0.1, -0.05) is 60.7 Å². The van der Waals surface area contributed by atoms with Gasteiger partial charge in [-0.3, -0.25) is 0 Å². The SMILES string of the molecule is C/C=c1/ccc2cc3c4c(c(-c5ccccc5)nc3c3ccc(C)c1c23)C1CC4c2cc(Br)c(Br)cc21. The van der Waals surface area contributed by atoms with Gasteiger partial charge in [0.1, 0.15) is 0 Å². The number of benzene rings is 5. The van der Waals surface area contributed by atoms with Gasteiger partial charge in [-0.25, -0.2) is 4.98 Å². The molecule has 5 aromatic carbocycles. The first-order chi connectivity index (χ1) is 18.0. The molecule has 0 saturated heterocycles. The normalized spacial score (nSPS) is 18.3. The van der Waals surface area contributed by atoms with Crippen molar-refractivity contribution in [2.75, 3.05) is 0 Å². The predicted molar refractivity (Wildman–Crippen MR) is 162 cm³/mol. The van der Waals surface area contributed by atoms with Gasteiger partial charge in [0.15, 0.2) is 0 Å². The second-order valence-electron chi connectivity index (χ2n) is 10.5. The zero-order valence-corrected chi connectivity index (χ0v) is 23.7. The summed E-state index contributed by atoms with van der Waals surface area (Å²) in [4.78, 5) is 5.53. The van der Waals surface area contributed by atoms with Crippen molar-refractivity contribution < 1.29 is 0 Å². The number of pyridine rings is 1. The van der Waals surface area contributed by atoms with Gasteiger partial charge in [0, 0.05) is 37.1 Å². The van der Waals surface area contributed by atoms with Crippen molar-refractivity contribution in [1.82, 2.24) is 4.98 Å². The van der Waals surface area contributed by atoms with Crippen LogP contribution < -0.4 is 5.22 Å². The monoisotopic (exact) mass is 603 g/mol. The van der Waals surface area contributed by atoms with Crippen LogP contribution in [-0.2, 0) is 0 Å². The Labute approximate surface area is 232 Å². The molecule has 178 valence electrons. The maximum absolute atomic E-state index is 5.53. The van der Waals surface area contributed by atoms with E-state index in [0.29, 0.717) is 11.8 Å². The largest absolute Gasteiger partial charge is 0.247 e. The molecule has 0 amide bonds. The van der Waals surface area contributed by atoms with Crippen LogP contribution in [0.5, 0.6) is 0 Å². The fourth-order valence-electron chi connectivity index (χ4n) is 7.18. The van der Waals surface area contributed by atoms with Crippen molar-refractivity contribution in [3.8, 4) is 11.3 Å². The van der Waals surface area contributed by atoms with Crippen molar-refractivity contribution in [3.05, 3.63) is 115 Å². The second kappa shape index (κ2) is 7.75. The van der Waals surface area contributed by atoms with E-state index in [1.54, 1.807) is 0 Å². The molecule has 2 unspecified atom stereocenters. The molecule has 6 aromatic rings. The number of fused-ring (bicyclic) bond motifs is 11. The summed E-state index contributed by atoms with van der Waals surface area (Å²) in [5.74, 6) is 0.762. The molecule has 2 atom stereocenters. The Hall–Kier alpha value is -3.01. The molecule has 2 aliphatic carbocycles. The summed E-state index contributed by atoms with van der Waals surface area (Å²) in [6.07, 6.45) is 3.35. The Morgan fingerprint density at radius 3 is 2.24 bits per heavy atom. The third-order valence-corrected chi connectivity index (χ3v) is 10.6. The van der Waals surface area contributed by atoms with E-state index in [9.17, 15) is 0 Å². The lowest BCUT2D eigenvalue weighted by Gasteiger charge is -2.25. The molecule has 0 saturated carbocycles. The fourth-order valence-corrected chi connectivity index (χ4v) is 7.91. The van der Waals surface area contributed by atoms with Crippen LogP contribution in [-0.4, -0.2) is 4.98 Å². The number of aryl methyl sites for hydroxylation is 1. The van der Waals surface area contributed by atoms with E-state index in [1.807, 2.05) is 0 Å². The minimum Gasteiger partial charge on any atom is -0.247 e. The van der Waals surface area contributed by atoms with Crippen molar-refractivity contribution in [3.63, 3.8) is 0 Å². The average molecular weight is 605 g/mol. The maximum Gasteiger partial charge on any atom is 0.0791 e. The van der Waals surface area contributed by atoms with Gasteiger partial charge in [0.05, 0.1) is 11.2 Å². The number of nitrogens with zero attached hydrogens (tertiary/aromatic N) is 1. The topological polar surface area (TPSA) is 12.9 Å². The minimum absolute atomic E-state index is 0.373. The van der Waals surface area contributed by atoms with Gasteiger partial charge in [-0.15, -0.1) is 0 Å². The highest BCUT2D eigenvalue weighted by Gasteiger charge is 2.45. The first-order valence-corrected chi connectivity index (χ1v) is 14.5. The number of rotatable bonds is 1. The third-order valence-electron chi connectivity index (χ3n) is 8.71. The third kappa shape index (κ3) is 2.87. The second-order valence-corrected chi connectivity index (χ2v) is 12.2. The van der Waals surface area contributed by atoms with Crippen LogP contribution in [0, 0.1) is 6.92 Å². The van der Waals surface area contributed by atoms with Crippen molar-refractivity contribution in [1.29, 1.82) is 0 Å². The summed E-state index contributed by atoms with van der Waals surface area (Å²) < 4.78 is 2.25. The highest BCUT2D eigenvalue weighted by Crippen LogP contribution is 2.61. The highest BCUT2D eigenvalue weighted by molar-refractivity contribution is 9.13. The Morgan fingerprint density at radius 1 is 0.784 bits per heavy atom. The van der Waals surface area contributed by atoms with Gasteiger partial charge in [0.2, 0.25) is 0 Å². The smallest absolute Gasteiger partial charge is 0.0791 e. The Balaban J connectivity index is 1.57. The molecule has 0 N–H and O–H groups in total. The summed E-state index contributed by atoms with van der Waals surface area (Å²) in [6, 6.07) is 27.0. The van der Waals surface area contributed by atoms with E-state index >= 15 is 0 Å². The van der Waals surface area contributed by atoms with E-state index in [0.717, 1.165) is 26.6 Å². The number of hydrogen-bond donors (Lipinski definition) is 0. The molecule has 0 spiro atoms. The van der Waals surface area contributed by atoms with Crippen LogP contribution in [0.4, 0.5) is 0 Å². The number of halogens is 2. The zero-order chi connectivity index (χ0) is 25.0. The standard InChI is InChI=1S/C34H23Br2N/c1-3-18-10-11-20-13-26-31-24-14-25(23-16-28(36)27(35)15-22(23)24)32(31)33(19-7-5-4-6-8-19)37-34(26)21-12-9-17(2)29(18)30(20)21/h3-13,15-16,24-25H,14H2,1-2H3/b18-3-. The first kappa shape index (κ1) is 22.0. The molecule has 0 radical (unpaired) electrons. The van der Waals surface area contributed by atoms with Crippen LogP contribution in [0.25, 0.3) is 49.8 Å². The van der Waals surface area contributed by atoms with E-state index in [1.165, 1.54) is 65.5 Å². The summed E-state index contributed by atoms with van der Waals surface area (Å²) >= 11 is 7.54. The average Bonchev–Trinajstić information content (AvgIpc) is 3.48. The van der Waals surface area contributed by atoms with Gasteiger partial charge in [-0.05, 0) is 120 Å². The fraction of sp³-hybridized carbons (Fsp3) is 0.147. The molecule has 8 rings (SSSR count). The molecular formula is C34H23Br2N. The zero-order valence-electron chi connectivity index (χ0n) is 20.6. The molecule has 1 heterocycles. The Morgan fingerprint density at radius 2 is 1.51 bits per heavy atom. The van der Waals surface area contributed by atoms with Crippen LogP contribution >= 0.6 is 31.9 Å². The van der Waals surface area contributed by atoms with E-state index < -0.39 is 0 Å². The van der Waals surface area contributed by atoms with Gasteiger partial charge < -0.3 is 0 Å². The van der Waals surface area contributed by atoms with Crippen LogP contribution in [0.3, 0.4) is 0 Å². The first-order valence-electron chi connectivity index (χ1n) is 12.9. The van der Waals surface area contributed by atoms with E-state index in [2.05, 4.69) is 125 Å². The molecule has 3 heteroatoms. The molecule has 2 bridgehead atoms. The van der Waals surface area contributed by atoms with Gasteiger partial charge in [0.25, 0.3) is 0 Å². The lowest BCUT2D eigenvalue weighted by Crippen LogP contribution is -2.09. The van der Waals surface area contributed by atoms with Crippen molar-refractivity contribution >= 4 is 70.4 Å². The van der Waals surface area contributed by atoms with Gasteiger partial charge in [-0.2, -0.15) is 0 Å². The lowest BCUT2D eigenvalue weighted by molar-refractivity contribution is 0.797. The van der Waals surface area contributed by atoms with Crippen LogP contribution in [0.2, 0.25) is 0 Å². The summed E-state index contributed by atoms with van der Waals surface area (Å²) in [5, 5.41) is 7.87. The van der Waals surface area contributed by atoms with Crippen molar-refractivity contribution in [2.45, 2.75) is 32.1 Å². The molecule has 0 aliphatic heterocycles. The molecule has 37 heavy (non-hydrogen) atoms. The van der Waals surface area contributed by atoms with Crippen molar-refractivity contribution in [2.24, 2.45) is 0 Å². The Bertz CT molecular complexity index is 2010. The van der Waals surface area contributed by atoms with Crippen LogP contribution in [0.15, 0.2) is 81.7 Å². The number of hydrogen-bond acceptors (Lipinski definition) is 1. The molecule has 2 aliphatic rings. The molecule has 1 aromatic heterocycles. The minimum atomic E-state index is 0.373. The van der Waals surface area contributed by atoms with Gasteiger partial charge >= 0.3 is 0 Å². The van der Waals surface area contributed by atoms with E-state index in [-0.39, 0.29) is 0 Å². The summed E-state index contributed by atoms with van der Waals surface area (Å²) in [5.41, 5.74) is 10.6. The molecular weight excluding hydrogens is 582 g/mol. The van der Waals surface area contributed by atoms with E-state index in [4.69, 9.17) is 4.98 Å². The quantitative estimate of drug-likeness (QED) is 0.134. The Kier molecular flexibility index (Phi) is 4.61.